The van der Waals surface area contributed by atoms with Crippen LogP contribution in [0.15, 0.2) is 45.6 Å². The van der Waals surface area contributed by atoms with Crippen LogP contribution in [0.25, 0.3) is 11.0 Å². The van der Waals surface area contributed by atoms with E-state index in [1.165, 1.54) is 43.5 Å². The van der Waals surface area contributed by atoms with Crippen LogP contribution in [0.1, 0.15) is 25.2 Å². The number of phenolic OH excluding ortho intramolecular Hbond substituents is 1. The molecule has 0 bridgehead atoms. The molecule has 3 rings (SSSR count). The third-order valence-corrected chi connectivity index (χ3v) is 5.04. The molecule has 11 nitrogen and oxygen atoms in total. The lowest BCUT2D eigenvalue weighted by atomic mass is 9.99. The van der Waals surface area contributed by atoms with E-state index in [-0.39, 0.29) is 40.4 Å². The van der Waals surface area contributed by atoms with Crippen LogP contribution in [0, 0.1) is 5.92 Å². The largest absolute Gasteiger partial charge is 0.547 e. The molecule has 2 aromatic carbocycles. The smallest absolute Gasteiger partial charge is 0.453 e. The first-order valence-corrected chi connectivity index (χ1v) is 11.1. The molecule has 0 saturated heterocycles. The number of phenols is 1. The molecule has 0 aliphatic heterocycles. The highest BCUT2D eigenvalue weighted by atomic mass is 19.4. The van der Waals surface area contributed by atoms with Crippen molar-refractivity contribution in [1.82, 2.24) is 0 Å². The van der Waals surface area contributed by atoms with E-state index in [1.807, 2.05) is 13.8 Å². The zero-order valence-corrected chi connectivity index (χ0v) is 20.7. The fourth-order valence-corrected chi connectivity index (χ4v) is 3.20. The Labute approximate surface area is 218 Å². The van der Waals surface area contributed by atoms with Gasteiger partial charge in [0.2, 0.25) is 11.2 Å². The number of benzene rings is 2. The van der Waals surface area contributed by atoms with Gasteiger partial charge >= 0.3 is 12.1 Å². The number of alkyl halides is 3. The first kappa shape index (κ1) is 30.9. The SMILES string of the molecule is COc1ccc(Oc2c(C(F)(F)F)oc3c(CC(C)C)c(O)ccc3c2=O)cc1.O=C([O-])C(O)C(O)C(=O)O. The zero-order chi connectivity index (χ0) is 29.7. The number of rotatable bonds is 8. The van der Waals surface area contributed by atoms with Crippen molar-refractivity contribution in [2.45, 2.75) is 38.7 Å². The van der Waals surface area contributed by atoms with Crippen LogP contribution in [0.2, 0.25) is 0 Å². The van der Waals surface area contributed by atoms with Crippen LogP contribution >= 0.6 is 0 Å². The van der Waals surface area contributed by atoms with E-state index in [1.54, 1.807) is 0 Å². The lowest BCUT2D eigenvalue weighted by Gasteiger charge is -2.16. The van der Waals surface area contributed by atoms with E-state index in [9.17, 15) is 37.8 Å². The molecule has 0 aliphatic carbocycles. The molecule has 0 radical (unpaired) electrons. The van der Waals surface area contributed by atoms with Gasteiger partial charge in [0.05, 0.1) is 18.5 Å². The Balaban J connectivity index is 0.000000455. The Morgan fingerprint density at radius 3 is 2.03 bits per heavy atom. The number of carbonyl (C=O) groups is 2. The molecule has 212 valence electrons. The van der Waals surface area contributed by atoms with E-state index >= 15 is 0 Å². The Bertz CT molecular complexity index is 1360. The predicted molar refractivity (Wildman–Crippen MR) is 125 cm³/mol. The number of hydrogen-bond donors (Lipinski definition) is 4. The summed E-state index contributed by atoms with van der Waals surface area (Å²) in [6.45, 7) is 3.67. The number of fused-ring (bicyclic) bond motifs is 1. The molecule has 4 N–H and O–H groups in total. The van der Waals surface area contributed by atoms with Crippen molar-refractivity contribution >= 4 is 22.9 Å². The molecule has 14 heteroatoms. The molecule has 1 aromatic heterocycles. The maximum Gasteiger partial charge on any atom is 0.453 e. The van der Waals surface area contributed by atoms with Crippen LogP contribution in [0.4, 0.5) is 13.2 Å². The maximum absolute atomic E-state index is 13.7. The summed E-state index contributed by atoms with van der Waals surface area (Å²) >= 11 is 0. The summed E-state index contributed by atoms with van der Waals surface area (Å²) in [5, 5.41) is 44.1. The third-order valence-electron chi connectivity index (χ3n) is 5.04. The number of hydrogen-bond acceptors (Lipinski definition) is 10. The normalized spacial score (nSPS) is 12.8. The van der Waals surface area contributed by atoms with Crippen molar-refractivity contribution < 1.29 is 62.2 Å². The van der Waals surface area contributed by atoms with Gasteiger partial charge in [0.25, 0.3) is 5.76 Å². The number of aliphatic hydroxyl groups is 2. The minimum Gasteiger partial charge on any atom is -0.547 e. The van der Waals surface area contributed by atoms with E-state index in [2.05, 4.69) is 0 Å². The standard InChI is InChI=1S/C21H19F3O5.C4H6O6/c1-11(2)10-15-16(25)9-8-14-17(26)19(20(21(22,23)24)29-18(14)15)28-13-6-4-12(27-3)5-7-13;5-1(3(7)8)2(6)4(9)10/h4-9,11,25H,10H2,1-3H3;1-2,5-6H,(H,7,8)(H,9,10)/p-1. The van der Waals surface area contributed by atoms with Gasteiger partial charge in [0.1, 0.15) is 28.9 Å². The summed E-state index contributed by atoms with van der Waals surface area (Å²) in [5.41, 5.74) is -1.12. The van der Waals surface area contributed by atoms with Gasteiger partial charge < -0.3 is 44.2 Å². The first-order chi connectivity index (χ1) is 18.1. The molecule has 0 aliphatic rings. The second kappa shape index (κ2) is 12.5. The van der Waals surface area contributed by atoms with Crippen molar-refractivity contribution in [1.29, 1.82) is 0 Å². The Hall–Kier alpha value is -4.30. The Kier molecular flexibility index (Phi) is 9.91. The summed E-state index contributed by atoms with van der Waals surface area (Å²) in [5.74, 6) is -6.06. The molecule has 0 spiro atoms. The maximum atomic E-state index is 13.7. The van der Waals surface area contributed by atoms with Gasteiger partial charge in [-0.25, -0.2) is 4.79 Å². The van der Waals surface area contributed by atoms with Crippen molar-refractivity contribution in [2.24, 2.45) is 5.92 Å². The highest BCUT2D eigenvalue weighted by Crippen LogP contribution is 2.40. The number of methoxy groups -OCH3 is 1. The van der Waals surface area contributed by atoms with Gasteiger partial charge in [0.15, 0.2) is 6.10 Å². The number of aliphatic hydroxyl groups excluding tert-OH is 2. The highest BCUT2D eigenvalue weighted by Gasteiger charge is 2.41. The zero-order valence-electron chi connectivity index (χ0n) is 20.7. The number of carbonyl (C=O) groups excluding carboxylic acids is 1. The van der Waals surface area contributed by atoms with Crippen LogP contribution in [0.5, 0.6) is 23.0 Å². The number of carboxylic acid groups (broad SMARTS) is 2. The lowest BCUT2D eigenvalue weighted by Crippen LogP contribution is -2.46. The number of carboxylic acids is 2. The van der Waals surface area contributed by atoms with Gasteiger partial charge in [-0.1, -0.05) is 13.8 Å². The number of halogens is 3. The molecular weight excluding hydrogens is 533 g/mol. The van der Waals surface area contributed by atoms with Gasteiger partial charge in [0, 0.05) is 5.56 Å². The minimum absolute atomic E-state index is 0.0152. The van der Waals surface area contributed by atoms with Crippen LogP contribution in [-0.2, 0) is 22.2 Å². The van der Waals surface area contributed by atoms with Crippen molar-refractivity contribution in [3.63, 3.8) is 0 Å². The summed E-state index contributed by atoms with van der Waals surface area (Å²) < 4.78 is 56.4. The van der Waals surface area contributed by atoms with Crippen molar-refractivity contribution in [2.75, 3.05) is 7.11 Å². The monoisotopic (exact) mass is 557 g/mol. The van der Waals surface area contributed by atoms with E-state index in [0.717, 1.165) is 0 Å². The molecule has 2 atom stereocenters. The quantitative estimate of drug-likeness (QED) is 0.318. The molecule has 2 unspecified atom stereocenters. The van der Waals surface area contributed by atoms with E-state index < -0.39 is 47.3 Å². The lowest BCUT2D eigenvalue weighted by molar-refractivity contribution is -0.318. The first-order valence-electron chi connectivity index (χ1n) is 11.1. The molecule has 3 aromatic rings. The average Bonchev–Trinajstić information content (AvgIpc) is 2.86. The summed E-state index contributed by atoms with van der Waals surface area (Å²) in [4.78, 5) is 32.3. The highest BCUT2D eigenvalue weighted by molar-refractivity contribution is 5.84. The van der Waals surface area contributed by atoms with Gasteiger partial charge in [-0.15, -0.1) is 0 Å². The van der Waals surface area contributed by atoms with Gasteiger partial charge in [-0.05, 0) is 48.7 Å². The third kappa shape index (κ3) is 7.61. The predicted octanol–water partition coefficient (Wildman–Crippen LogP) is 2.06. The molecule has 1 heterocycles. The second-order valence-electron chi connectivity index (χ2n) is 8.45. The minimum atomic E-state index is -4.98. The fourth-order valence-electron chi connectivity index (χ4n) is 3.20. The van der Waals surface area contributed by atoms with Crippen molar-refractivity contribution in [3.8, 4) is 23.0 Å². The molecule has 0 saturated carbocycles. The summed E-state index contributed by atoms with van der Waals surface area (Å²) in [6.07, 6.45) is -9.44. The van der Waals surface area contributed by atoms with Gasteiger partial charge in [-0.2, -0.15) is 13.2 Å². The Morgan fingerprint density at radius 1 is 1.03 bits per heavy atom. The molecule has 39 heavy (non-hydrogen) atoms. The van der Waals surface area contributed by atoms with Gasteiger partial charge in [-0.3, -0.25) is 4.79 Å². The number of aliphatic carboxylic acids is 2. The number of aromatic hydroxyl groups is 1. The Morgan fingerprint density at radius 2 is 1.59 bits per heavy atom. The molecule has 0 amide bonds. The number of ether oxygens (including phenoxy) is 2. The van der Waals surface area contributed by atoms with Crippen LogP contribution in [-0.4, -0.2) is 51.7 Å². The van der Waals surface area contributed by atoms with E-state index in [0.29, 0.717) is 5.75 Å². The second-order valence-corrected chi connectivity index (χ2v) is 8.45. The molecule has 0 fully saturated rings. The average molecular weight is 557 g/mol. The van der Waals surface area contributed by atoms with Crippen LogP contribution < -0.4 is 20.0 Å². The summed E-state index contributed by atoms with van der Waals surface area (Å²) in [7, 11) is 1.44. The fraction of sp³-hybridized carbons (Fsp3) is 0.320. The topological polar surface area (TPSA) is 187 Å². The molecular formula is C25H24F3O11-. The van der Waals surface area contributed by atoms with Crippen LogP contribution in [0.3, 0.4) is 0 Å². The van der Waals surface area contributed by atoms with Crippen molar-refractivity contribution in [3.05, 3.63) is 57.9 Å². The van der Waals surface area contributed by atoms with E-state index in [4.69, 9.17) is 29.2 Å². The summed E-state index contributed by atoms with van der Waals surface area (Å²) in [6, 6.07) is 8.23.